The number of benzene rings is 2. The molecule has 10 heteroatoms. The standard InChI is InChI=1S/C25H25ClN6O3/c1-27-18-8-9-19-20(10-12-35-22(19)13-18)28-25(34)31-11-2-3-21(31)24-30-29-23(15-33)32(24)14-16-4-6-17(26)7-5-16/h4-9,13,20-21,33H,2-3,10-12,14-15H2,(H,28,34)/t20-,21-/m1/s1. The van der Waals surface area contributed by atoms with Crippen LogP contribution in [0.4, 0.5) is 10.5 Å². The number of aliphatic hydroxyl groups is 1. The molecule has 9 nitrogen and oxygen atoms in total. The Bertz CT molecular complexity index is 1270. The second-order valence-electron chi connectivity index (χ2n) is 8.67. The van der Waals surface area contributed by atoms with Crippen molar-refractivity contribution in [1.29, 1.82) is 0 Å². The van der Waals surface area contributed by atoms with Crippen LogP contribution in [-0.2, 0) is 13.2 Å². The van der Waals surface area contributed by atoms with E-state index in [2.05, 4.69) is 20.4 Å². The molecule has 0 aliphatic carbocycles. The number of amides is 2. The van der Waals surface area contributed by atoms with Crippen LogP contribution in [0.25, 0.3) is 4.85 Å². The minimum atomic E-state index is -0.251. The zero-order valence-electron chi connectivity index (χ0n) is 19.0. The van der Waals surface area contributed by atoms with Crippen LogP contribution in [0.1, 0.15) is 54.1 Å². The van der Waals surface area contributed by atoms with E-state index in [4.69, 9.17) is 22.9 Å². The summed E-state index contributed by atoms with van der Waals surface area (Å²) in [7, 11) is 0. The van der Waals surface area contributed by atoms with E-state index in [0.29, 0.717) is 54.2 Å². The number of nitrogens with zero attached hydrogens (tertiary/aromatic N) is 5. The number of aliphatic hydroxyl groups excluding tert-OH is 1. The number of aromatic nitrogens is 3. The van der Waals surface area contributed by atoms with Crippen LogP contribution in [0.5, 0.6) is 5.75 Å². The molecule has 0 bridgehead atoms. The van der Waals surface area contributed by atoms with Gasteiger partial charge in [-0.3, -0.25) is 0 Å². The molecule has 0 spiro atoms. The van der Waals surface area contributed by atoms with E-state index in [-0.39, 0.29) is 24.7 Å². The van der Waals surface area contributed by atoms with Gasteiger partial charge in [0.1, 0.15) is 12.4 Å². The molecule has 2 amide bonds. The molecule has 180 valence electrons. The Balaban J connectivity index is 1.37. The van der Waals surface area contributed by atoms with E-state index in [1.807, 2.05) is 34.9 Å². The Labute approximate surface area is 208 Å². The van der Waals surface area contributed by atoms with Crippen molar-refractivity contribution in [3.63, 3.8) is 0 Å². The fourth-order valence-electron chi connectivity index (χ4n) is 4.77. The highest BCUT2D eigenvalue weighted by atomic mass is 35.5. The lowest BCUT2D eigenvalue weighted by Crippen LogP contribution is -2.43. The van der Waals surface area contributed by atoms with E-state index in [1.165, 1.54) is 0 Å². The number of likely N-dealkylation sites (tertiary alicyclic amines) is 1. The summed E-state index contributed by atoms with van der Waals surface area (Å²) in [6.07, 6.45) is 2.26. The smallest absolute Gasteiger partial charge is 0.318 e. The van der Waals surface area contributed by atoms with E-state index in [0.717, 1.165) is 24.0 Å². The lowest BCUT2D eigenvalue weighted by atomic mass is 10.00. The Morgan fingerprint density at radius 3 is 2.83 bits per heavy atom. The zero-order chi connectivity index (χ0) is 24.4. The van der Waals surface area contributed by atoms with Crippen LogP contribution in [0.3, 0.4) is 0 Å². The first-order chi connectivity index (χ1) is 17.1. The highest BCUT2D eigenvalue weighted by Gasteiger charge is 2.36. The molecule has 35 heavy (non-hydrogen) atoms. The molecule has 1 saturated heterocycles. The molecule has 0 unspecified atom stereocenters. The molecular formula is C25H25ClN6O3. The van der Waals surface area contributed by atoms with Gasteiger partial charge in [-0.25, -0.2) is 9.64 Å². The lowest BCUT2D eigenvalue weighted by molar-refractivity contribution is 0.179. The Morgan fingerprint density at radius 1 is 1.23 bits per heavy atom. The molecule has 2 aliphatic heterocycles. The van der Waals surface area contributed by atoms with Gasteiger partial charge in [0.15, 0.2) is 17.3 Å². The molecule has 0 saturated carbocycles. The number of ether oxygens (including phenoxy) is 1. The predicted octanol–water partition coefficient (Wildman–Crippen LogP) is 4.39. The minimum absolute atomic E-state index is 0.175. The van der Waals surface area contributed by atoms with E-state index < -0.39 is 0 Å². The molecule has 1 aromatic heterocycles. The van der Waals surface area contributed by atoms with Gasteiger partial charge in [0.2, 0.25) is 0 Å². The first-order valence-electron chi connectivity index (χ1n) is 11.6. The second-order valence-corrected chi connectivity index (χ2v) is 9.11. The minimum Gasteiger partial charge on any atom is -0.494 e. The summed E-state index contributed by atoms with van der Waals surface area (Å²) >= 11 is 6.02. The molecule has 1 fully saturated rings. The number of hydrogen-bond acceptors (Lipinski definition) is 5. The Kier molecular flexibility index (Phi) is 6.57. The van der Waals surface area contributed by atoms with Crippen LogP contribution < -0.4 is 10.1 Å². The van der Waals surface area contributed by atoms with Crippen molar-refractivity contribution in [2.45, 2.75) is 44.5 Å². The molecule has 3 aromatic rings. The van der Waals surface area contributed by atoms with Crippen molar-refractivity contribution in [3.05, 3.63) is 81.7 Å². The van der Waals surface area contributed by atoms with Crippen molar-refractivity contribution < 1.29 is 14.6 Å². The summed E-state index contributed by atoms with van der Waals surface area (Å²) in [6, 6.07) is 12.2. The molecule has 5 rings (SSSR count). The van der Waals surface area contributed by atoms with Crippen molar-refractivity contribution in [2.24, 2.45) is 0 Å². The molecule has 2 aliphatic rings. The second kappa shape index (κ2) is 9.94. The molecule has 2 N–H and O–H groups in total. The number of nitrogens with one attached hydrogen (secondary N) is 1. The van der Waals surface area contributed by atoms with E-state index >= 15 is 0 Å². The summed E-state index contributed by atoms with van der Waals surface area (Å²) in [5.74, 6) is 1.75. The highest BCUT2D eigenvalue weighted by Crippen LogP contribution is 2.36. The first-order valence-corrected chi connectivity index (χ1v) is 11.9. The van der Waals surface area contributed by atoms with Crippen LogP contribution >= 0.6 is 11.6 Å². The zero-order valence-corrected chi connectivity index (χ0v) is 19.8. The number of urea groups is 1. The molecule has 2 atom stereocenters. The van der Waals surface area contributed by atoms with Crippen molar-refractivity contribution >= 4 is 23.3 Å². The van der Waals surface area contributed by atoms with Gasteiger partial charge in [0.25, 0.3) is 0 Å². The van der Waals surface area contributed by atoms with Gasteiger partial charge in [0, 0.05) is 23.6 Å². The Morgan fingerprint density at radius 2 is 2.06 bits per heavy atom. The van der Waals surface area contributed by atoms with Gasteiger partial charge in [-0.1, -0.05) is 35.9 Å². The maximum Gasteiger partial charge on any atom is 0.318 e. The van der Waals surface area contributed by atoms with Crippen molar-refractivity contribution in [1.82, 2.24) is 25.0 Å². The summed E-state index contributed by atoms with van der Waals surface area (Å²) in [5.41, 5.74) is 2.38. The number of carbonyl (C=O) groups excluding carboxylic acids is 1. The first kappa shape index (κ1) is 23.1. The predicted molar refractivity (Wildman–Crippen MR) is 129 cm³/mol. The summed E-state index contributed by atoms with van der Waals surface area (Å²) in [6.45, 7) is 8.51. The maximum atomic E-state index is 13.4. The van der Waals surface area contributed by atoms with Gasteiger partial charge < -0.3 is 24.6 Å². The van der Waals surface area contributed by atoms with E-state index in [1.54, 1.807) is 17.0 Å². The fraction of sp³-hybridized carbons (Fsp3) is 0.360. The lowest BCUT2D eigenvalue weighted by Gasteiger charge is -2.31. The van der Waals surface area contributed by atoms with Crippen molar-refractivity contribution in [2.75, 3.05) is 13.2 Å². The highest BCUT2D eigenvalue weighted by molar-refractivity contribution is 6.30. The topological polar surface area (TPSA) is 96.9 Å². The third-order valence-electron chi connectivity index (χ3n) is 6.53. The number of carbonyl (C=O) groups is 1. The number of fused-ring (bicyclic) bond motifs is 1. The van der Waals surface area contributed by atoms with Gasteiger partial charge in [-0.15, -0.1) is 10.2 Å². The SMILES string of the molecule is [C-]#[N+]c1ccc2c(c1)OCC[C@H]2NC(=O)N1CCC[C@@H]1c1nnc(CO)n1Cc1ccc(Cl)cc1. The maximum absolute atomic E-state index is 13.4. The van der Waals surface area contributed by atoms with Crippen LogP contribution in [-0.4, -0.2) is 44.0 Å². The number of halogens is 1. The quantitative estimate of drug-likeness (QED) is 0.515. The Hall–Kier alpha value is -3.61. The van der Waals surface area contributed by atoms with Crippen molar-refractivity contribution in [3.8, 4) is 5.75 Å². The average molecular weight is 493 g/mol. The van der Waals surface area contributed by atoms with Crippen LogP contribution in [0, 0.1) is 6.57 Å². The summed E-state index contributed by atoms with van der Waals surface area (Å²) in [4.78, 5) is 18.7. The molecule has 2 aromatic carbocycles. The summed E-state index contributed by atoms with van der Waals surface area (Å²) in [5, 5.41) is 22.2. The third-order valence-corrected chi connectivity index (χ3v) is 6.78. The number of rotatable bonds is 5. The van der Waals surface area contributed by atoms with Gasteiger partial charge >= 0.3 is 6.03 Å². The molecular weight excluding hydrogens is 468 g/mol. The summed E-state index contributed by atoms with van der Waals surface area (Å²) < 4.78 is 7.61. The van der Waals surface area contributed by atoms with Gasteiger partial charge in [-0.05, 0) is 36.6 Å². The van der Waals surface area contributed by atoms with E-state index in [9.17, 15) is 9.90 Å². The normalized spacial score (nSPS) is 19.1. The van der Waals surface area contributed by atoms with Crippen LogP contribution in [0.15, 0.2) is 42.5 Å². The number of hydrogen-bond donors (Lipinski definition) is 2. The monoisotopic (exact) mass is 492 g/mol. The molecule has 0 radical (unpaired) electrons. The average Bonchev–Trinajstić information content (AvgIpc) is 3.52. The molecule has 3 heterocycles. The van der Waals surface area contributed by atoms with Gasteiger partial charge in [0.05, 0.1) is 31.8 Å². The largest absolute Gasteiger partial charge is 0.494 e. The third kappa shape index (κ3) is 4.67. The van der Waals surface area contributed by atoms with Crippen LogP contribution in [0.2, 0.25) is 5.02 Å². The van der Waals surface area contributed by atoms with Gasteiger partial charge in [-0.2, -0.15) is 0 Å². The fourth-order valence-corrected chi connectivity index (χ4v) is 4.89.